The lowest BCUT2D eigenvalue weighted by molar-refractivity contribution is -0.883. The first kappa shape index (κ1) is 32.6. The van der Waals surface area contributed by atoms with E-state index in [-0.39, 0.29) is 5.78 Å². The molecule has 0 aromatic carbocycles. The Morgan fingerprint density at radius 3 is 1.55 bits per heavy atom. The summed E-state index contributed by atoms with van der Waals surface area (Å²) in [6.45, 7) is 6.12. The van der Waals surface area contributed by atoms with Crippen LogP contribution in [0, 0.1) is 0 Å². The minimum Gasteiger partial charge on any atom is -0.320 e. The summed E-state index contributed by atoms with van der Waals surface area (Å²) in [7, 11) is 2.30. The highest BCUT2D eigenvalue weighted by Gasteiger charge is 2.41. The van der Waals surface area contributed by atoms with Crippen molar-refractivity contribution >= 4 is 7.60 Å². The van der Waals surface area contributed by atoms with Crippen LogP contribution >= 0.6 is 7.60 Å². The first-order chi connectivity index (χ1) is 15.8. The van der Waals surface area contributed by atoms with Crippen LogP contribution in [0.1, 0.15) is 122 Å². The minimum atomic E-state index is -3.56. The molecular formula is C28H57NO3P+. The minimum absolute atomic E-state index is 0.352. The summed E-state index contributed by atoms with van der Waals surface area (Å²) in [5, 5.41) is 0. The van der Waals surface area contributed by atoms with Gasteiger partial charge in [-0.2, -0.15) is 0 Å². The van der Waals surface area contributed by atoms with E-state index in [1.54, 1.807) is 0 Å². The topological polar surface area (TPSA) is 46.5 Å². The fourth-order valence-corrected chi connectivity index (χ4v) is 6.32. The van der Waals surface area contributed by atoms with Gasteiger partial charge in [0.15, 0.2) is 5.78 Å². The van der Waals surface area contributed by atoms with Gasteiger partial charge in [-0.15, -0.1) is 6.58 Å². The zero-order chi connectivity index (χ0) is 24.8. The van der Waals surface area contributed by atoms with E-state index < -0.39 is 7.60 Å². The molecule has 5 heteroatoms. The molecule has 0 bridgehead atoms. The lowest BCUT2D eigenvalue weighted by Gasteiger charge is -2.35. The average molecular weight is 487 g/mol. The third-order valence-electron chi connectivity index (χ3n) is 6.37. The van der Waals surface area contributed by atoms with Crippen LogP contribution in [0.3, 0.4) is 0 Å². The van der Waals surface area contributed by atoms with Crippen molar-refractivity contribution in [1.29, 1.82) is 0 Å². The van der Waals surface area contributed by atoms with Gasteiger partial charge >= 0.3 is 7.60 Å². The molecule has 0 aliphatic rings. The molecule has 2 unspecified atom stereocenters. The van der Waals surface area contributed by atoms with Crippen LogP contribution in [-0.4, -0.2) is 42.9 Å². The summed E-state index contributed by atoms with van der Waals surface area (Å²) in [4.78, 5) is 10.3. The van der Waals surface area contributed by atoms with Crippen molar-refractivity contribution in [2.45, 2.75) is 128 Å². The third kappa shape index (κ3) is 19.6. The summed E-state index contributed by atoms with van der Waals surface area (Å²) in [5.41, 5.74) is 0. The molecule has 33 heavy (non-hydrogen) atoms. The Balaban J connectivity index is 3.44. The summed E-state index contributed by atoms with van der Waals surface area (Å²) in [5.74, 6) is -0.352. The van der Waals surface area contributed by atoms with Crippen molar-refractivity contribution < 1.29 is 18.5 Å². The van der Waals surface area contributed by atoms with Gasteiger partial charge < -0.3 is 13.9 Å². The van der Waals surface area contributed by atoms with Crippen molar-refractivity contribution in [3.63, 3.8) is 0 Å². The predicted molar refractivity (Wildman–Crippen MR) is 146 cm³/mol. The zero-order valence-corrected chi connectivity index (χ0v) is 23.5. The lowest BCUT2D eigenvalue weighted by atomic mass is 10.1. The Kier molecular flexibility index (Phi) is 20.7. The first-order valence-electron chi connectivity index (χ1n) is 13.8. The standard InChI is InChI=1S/C28H56NO3P/c1-6-8-9-10-11-12-13-14-15-16-17-18-19-20-21-22-23-24-25-26-27-32-33(30,31)28(7-2)29(3,4)5/h6,16-17,28H,1,7-15,18-27H2,2-5H3/p+1/b17-16-. The van der Waals surface area contributed by atoms with Gasteiger partial charge in [-0.05, 0) is 44.9 Å². The molecular weight excluding hydrogens is 429 g/mol. The third-order valence-corrected chi connectivity index (χ3v) is 8.74. The van der Waals surface area contributed by atoms with Gasteiger partial charge in [-0.25, -0.2) is 0 Å². The molecule has 0 radical (unpaired) electrons. The Bertz CT molecular complexity index is 528. The lowest BCUT2D eigenvalue weighted by Crippen LogP contribution is -2.44. The Morgan fingerprint density at radius 1 is 0.758 bits per heavy atom. The smallest absolute Gasteiger partial charge is 0.320 e. The molecule has 0 rings (SSSR count). The van der Waals surface area contributed by atoms with Crippen molar-refractivity contribution in [3.8, 4) is 0 Å². The number of hydrogen-bond donors (Lipinski definition) is 1. The molecule has 4 nitrogen and oxygen atoms in total. The Labute approximate surface area is 207 Å². The summed E-state index contributed by atoms with van der Waals surface area (Å²) >= 11 is 0. The van der Waals surface area contributed by atoms with Crippen molar-refractivity contribution in [1.82, 2.24) is 0 Å². The largest absolute Gasteiger partial charge is 0.385 e. The van der Waals surface area contributed by atoms with Crippen LogP contribution in [-0.2, 0) is 9.09 Å². The molecule has 0 aliphatic carbocycles. The maximum atomic E-state index is 12.5. The van der Waals surface area contributed by atoms with E-state index in [2.05, 4.69) is 18.7 Å². The molecule has 0 saturated carbocycles. The van der Waals surface area contributed by atoms with Gasteiger partial charge in [-0.1, -0.05) is 89.4 Å². The molecule has 0 aromatic rings. The van der Waals surface area contributed by atoms with Gasteiger partial charge in [0.25, 0.3) is 0 Å². The maximum absolute atomic E-state index is 12.5. The predicted octanol–water partition coefficient (Wildman–Crippen LogP) is 9.00. The van der Waals surface area contributed by atoms with E-state index in [0.717, 1.165) is 12.8 Å². The van der Waals surface area contributed by atoms with Gasteiger partial charge in [0.1, 0.15) is 0 Å². The number of nitrogens with zero attached hydrogens (tertiary/aromatic N) is 1. The van der Waals surface area contributed by atoms with Gasteiger partial charge in [0.05, 0.1) is 27.7 Å². The van der Waals surface area contributed by atoms with Crippen LogP contribution in [0.15, 0.2) is 24.8 Å². The average Bonchev–Trinajstić information content (AvgIpc) is 2.74. The Morgan fingerprint density at radius 2 is 1.15 bits per heavy atom. The Hall–Kier alpha value is -0.410. The fourth-order valence-electron chi connectivity index (χ4n) is 4.42. The van der Waals surface area contributed by atoms with E-state index in [1.807, 2.05) is 34.1 Å². The normalized spacial score (nSPS) is 15.1. The van der Waals surface area contributed by atoms with Gasteiger partial charge in [-0.3, -0.25) is 4.57 Å². The van der Waals surface area contributed by atoms with Crippen LogP contribution in [0.4, 0.5) is 0 Å². The van der Waals surface area contributed by atoms with Crippen LogP contribution in [0.5, 0.6) is 0 Å². The quantitative estimate of drug-likeness (QED) is 0.0640. The van der Waals surface area contributed by atoms with Crippen molar-refractivity contribution in [2.24, 2.45) is 0 Å². The number of allylic oxidation sites excluding steroid dienone is 3. The molecule has 0 heterocycles. The zero-order valence-electron chi connectivity index (χ0n) is 22.6. The summed E-state index contributed by atoms with van der Waals surface area (Å²) in [6.07, 6.45) is 28.9. The van der Waals surface area contributed by atoms with E-state index in [1.165, 1.54) is 96.3 Å². The highest BCUT2D eigenvalue weighted by Crippen LogP contribution is 2.51. The SMILES string of the molecule is C=CCCCCCCCC/C=C\CCCCCCCCCCOP(=O)(O)C(CC)[N+](C)(C)C. The molecule has 196 valence electrons. The molecule has 0 fully saturated rings. The summed E-state index contributed by atoms with van der Waals surface area (Å²) < 4.78 is 18.4. The van der Waals surface area contributed by atoms with Crippen molar-refractivity contribution in [2.75, 3.05) is 27.7 Å². The van der Waals surface area contributed by atoms with E-state index in [4.69, 9.17) is 4.52 Å². The highest BCUT2D eigenvalue weighted by atomic mass is 31.2. The number of quaternary nitrogens is 1. The molecule has 0 saturated heterocycles. The molecule has 1 N–H and O–H groups in total. The second-order valence-electron chi connectivity index (χ2n) is 10.5. The summed E-state index contributed by atoms with van der Waals surface area (Å²) in [6, 6.07) is 0. The van der Waals surface area contributed by atoms with Crippen LogP contribution < -0.4 is 0 Å². The van der Waals surface area contributed by atoms with Gasteiger partial charge in [0.2, 0.25) is 0 Å². The molecule has 0 amide bonds. The monoisotopic (exact) mass is 486 g/mol. The fraction of sp³-hybridized carbons (Fsp3) is 0.857. The highest BCUT2D eigenvalue weighted by molar-refractivity contribution is 7.53. The number of unbranched alkanes of at least 4 members (excludes halogenated alkanes) is 15. The van der Waals surface area contributed by atoms with E-state index >= 15 is 0 Å². The van der Waals surface area contributed by atoms with E-state index in [0.29, 0.717) is 17.5 Å². The van der Waals surface area contributed by atoms with Gasteiger partial charge in [0, 0.05) is 6.42 Å². The first-order valence-corrected chi connectivity index (χ1v) is 15.4. The molecule has 0 aromatic heterocycles. The van der Waals surface area contributed by atoms with Crippen LogP contribution in [0.2, 0.25) is 0 Å². The molecule has 0 aliphatic heterocycles. The second kappa shape index (κ2) is 20.9. The van der Waals surface area contributed by atoms with Crippen LogP contribution in [0.25, 0.3) is 0 Å². The molecule has 2 atom stereocenters. The second-order valence-corrected chi connectivity index (χ2v) is 12.5. The number of rotatable bonds is 24. The maximum Gasteiger partial charge on any atom is 0.385 e. The number of hydrogen-bond acceptors (Lipinski definition) is 2. The molecule has 0 spiro atoms. The van der Waals surface area contributed by atoms with Crippen molar-refractivity contribution in [3.05, 3.63) is 24.8 Å². The van der Waals surface area contributed by atoms with E-state index in [9.17, 15) is 9.46 Å².